The van der Waals surface area contributed by atoms with Gasteiger partial charge in [0.15, 0.2) is 5.82 Å². The van der Waals surface area contributed by atoms with Crippen molar-refractivity contribution in [1.29, 1.82) is 0 Å². The Labute approximate surface area is 102 Å². The van der Waals surface area contributed by atoms with E-state index in [0.29, 0.717) is 5.82 Å². The maximum Gasteiger partial charge on any atom is 0.175 e. The maximum absolute atomic E-state index is 5.88. The highest BCUT2D eigenvalue weighted by molar-refractivity contribution is 5.75. The fraction of sp³-hybridized carbons (Fsp3) is 0.357. The molecule has 2 N–H and O–H groups in total. The summed E-state index contributed by atoms with van der Waals surface area (Å²) in [5, 5.41) is 3.87. The van der Waals surface area contributed by atoms with E-state index in [1.165, 1.54) is 5.56 Å². The molecule has 1 heterocycles. The number of nitrogens with zero attached hydrogens (tertiary/aromatic N) is 1. The first-order chi connectivity index (χ1) is 8.22. The molecule has 3 nitrogen and oxygen atoms in total. The summed E-state index contributed by atoms with van der Waals surface area (Å²) in [5.41, 5.74) is 9.15. The van der Waals surface area contributed by atoms with Crippen molar-refractivity contribution in [1.82, 2.24) is 5.16 Å². The SMILES string of the molecule is CCCCc1onc(N)c1-c1ccc(C)cc1. The number of aromatic nitrogens is 1. The highest BCUT2D eigenvalue weighted by Gasteiger charge is 2.14. The molecule has 0 radical (unpaired) electrons. The first kappa shape index (κ1) is 11.7. The van der Waals surface area contributed by atoms with E-state index < -0.39 is 0 Å². The summed E-state index contributed by atoms with van der Waals surface area (Å²) < 4.78 is 5.31. The van der Waals surface area contributed by atoms with Crippen LogP contribution in [-0.2, 0) is 6.42 Å². The number of benzene rings is 1. The van der Waals surface area contributed by atoms with Crippen LogP contribution in [0.5, 0.6) is 0 Å². The fourth-order valence-electron chi connectivity index (χ4n) is 1.88. The largest absolute Gasteiger partial charge is 0.380 e. The van der Waals surface area contributed by atoms with E-state index in [1.807, 2.05) is 0 Å². The Bertz CT molecular complexity index is 485. The second-order valence-electron chi connectivity index (χ2n) is 4.34. The maximum atomic E-state index is 5.88. The number of hydrogen-bond acceptors (Lipinski definition) is 3. The predicted octanol–water partition coefficient (Wildman–Crippen LogP) is 3.57. The standard InChI is InChI=1S/C14H18N2O/c1-3-4-5-12-13(14(15)16-17-12)11-8-6-10(2)7-9-11/h6-9H,3-5H2,1-2H3,(H2,15,16). The molecular weight excluding hydrogens is 212 g/mol. The van der Waals surface area contributed by atoms with Crippen molar-refractivity contribution in [2.24, 2.45) is 0 Å². The summed E-state index contributed by atoms with van der Waals surface area (Å²) in [6.07, 6.45) is 3.12. The van der Waals surface area contributed by atoms with Gasteiger partial charge in [0.2, 0.25) is 0 Å². The lowest BCUT2D eigenvalue weighted by Gasteiger charge is -2.02. The molecule has 0 aliphatic carbocycles. The van der Waals surface area contributed by atoms with Crippen LogP contribution in [0.15, 0.2) is 28.8 Å². The molecule has 0 spiro atoms. The minimum Gasteiger partial charge on any atom is -0.380 e. The van der Waals surface area contributed by atoms with E-state index in [4.69, 9.17) is 10.3 Å². The van der Waals surface area contributed by atoms with Crippen LogP contribution in [0.1, 0.15) is 31.1 Å². The minimum atomic E-state index is 0.486. The van der Waals surface area contributed by atoms with Gasteiger partial charge in [0, 0.05) is 6.42 Å². The molecular formula is C14H18N2O. The highest BCUT2D eigenvalue weighted by Crippen LogP contribution is 2.30. The zero-order valence-corrected chi connectivity index (χ0v) is 10.4. The van der Waals surface area contributed by atoms with Crippen LogP contribution in [0.3, 0.4) is 0 Å². The lowest BCUT2D eigenvalue weighted by atomic mass is 10.0. The Morgan fingerprint density at radius 3 is 2.59 bits per heavy atom. The summed E-state index contributed by atoms with van der Waals surface area (Å²) in [5.74, 6) is 1.38. The number of unbranched alkanes of at least 4 members (excludes halogenated alkanes) is 1. The molecule has 90 valence electrons. The molecule has 0 atom stereocenters. The second-order valence-corrected chi connectivity index (χ2v) is 4.34. The molecule has 0 saturated carbocycles. The van der Waals surface area contributed by atoms with Crippen LogP contribution in [-0.4, -0.2) is 5.16 Å². The van der Waals surface area contributed by atoms with Gasteiger partial charge in [0.1, 0.15) is 5.76 Å². The van der Waals surface area contributed by atoms with Gasteiger partial charge in [0.05, 0.1) is 5.56 Å². The Morgan fingerprint density at radius 1 is 1.24 bits per heavy atom. The number of aryl methyl sites for hydroxylation is 2. The average Bonchev–Trinajstić information content (AvgIpc) is 2.69. The fourth-order valence-corrected chi connectivity index (χ4v) is 1.88. The molecule has 0 amide bonds. The molecule has 0 fully saturated rings. The van der Waals surface area contributed by atoms with E-state index in [-0.39, 0.29) is 0 Å². The third kappa shape index (κ3) is 2.49. The summed E-state index contributed by atoms with van der Waals surface area (Å²) in [4.78, 5) is 0. The van der Waals surface area contributed by atoms with Crippen LogP contribution >= 0.6 is 0 Å². The van der Waals surface area contributed by atoms with Crippen LogP contribution in [0.25, 0.3) is 11.1 Å². The Hall–Kier alpha value is -1.77. The number of hydrogen-bond donors (Lipinski definition) is 1. The molecule has 17 heavy (non-hydrogen) atoms. The van der Waals surface area contributed by atoms with Gasteiger partial charge in [-0.2, -0.15) is 0 Å². The van der Waals surface area contributed by atoms with E-state index >= 15 is 0 Å². The molecule has 2 aromatic rings. The third-order valence-corrected chi connectivity index (χ3v) is 2.89. The molecule has 0 bridgehead atoms. The summed E-state index contributed by atoms with van der Waals surface area (Å²) in [6.45, 7) is 4.23. The lowest BCUT2D eigenvalue weighted by Crippen LogP contribution is -1.91. The summed E-state index contributed by atoms with van der Waals surface area (Å²) >= 11 is 0. The van der Waals surface area contributed by atoms with Gasteiger partial charge in [-0.15, -0.1) is 0 Å². The highest BCUT2D eigenvalue weighted by atomic mass is 16.5. The van der Waals surface area contributed by atoms with Crippen LogP contribution in [0, 0.1) is 6.92 Å². The smallest absolute Gasteiger partial charge is 0.175 e. The topological polar surface area (TPSA) is 52.0 Å². The normalized spacial score (nSPS) is 10.7. The minimum absolute atomic E-state index is 0.486. The molecule has 2 rings (SSSR count). The summed E-state index contributed by atoms with van der Waals surface area (Å²) in [6, 6.07) is 8.28. The van der Waals surface area contributed by atoms with Crippen LogP contribution < -0.4 is 5.73 Å². The van der Waals surface area contributed by atoms with Crippen molar-refractivity contribution in [3.63, 3.8) is 0 Å². The van der Waals surface area contributed by atoms with Crippen molar-refractivity contribution < 1.29 is 4.52 Å². The van der Waals surface area contributed by atoms with Gasteiger partial charge in [-0.25, -0.2) is 0 Å². The van der Waals surface area contributed by atoms with Crippen LogP contribution in [0.4, 0.5) is 5.82 Å². The van der Waals surface area contributed by atoms with E-state index in [2.05, 4.69) is 43.3 Å². The molecule has 0 unspecified atom stereocenters. The number of nitrogens with two attached hydrogens (primary N) is 1. The molecule has 0 aliphatic rings. The van der Waals surface area contributed by atoms with Crippen molar-refractivity contribution in [3.05, 3.63) is 35.6 Å². The molecule has 1 aromatic heterocycles. The van der Waals surface area contributed by atoms with E-state index in [0.717, 1.165) is 36.1 Å². The van der Waals surface area contributed by atoms with Gasteiger partial charge in [0.25, 0.3) is 0 Å². The van der Waals surface area contributed by atoms with Crippen molar-refractivity contribution >= 4 is 5.82 Å². The monoisotopic (exact) mass is 230 g/mol. The number of nitrogen functional groups attached to an aromatic ring is 1. The van der Waals surface area contributed by atoms with Crippen LogP contribution in [0.2, 0.25) is 0 Å². The van der Waals surface area contributed by atoms with E-state index in [1.54, 1.807) is 0 Å². The first-order valence-corrected chi connectivity index (χ1v) is 6.03. The molecule has 0 saturated heterocycles. The van der Waals surface area contributed by atoms with Crippen molar-refractivity contribution in [2.45, 2.75) is 33.1 Å². The number of anilines is 1. The Balaban J connectivity index is 2.36. The molecule has 0 aliphatic heterocycles. The van der Waals surface area contributed by atoms with Gasteiger partial charge in [-0.1, -0.05) is 48.3 Å². The van der Waals surface area contributed by atoms with Gasteiger partial charge in [-0.05, 0) is 18.9 Å². The van der Waals surface area contributed by atoms with E-state index in [9.17, 15) is 0 Å². The van der Waals surface area contributed by atoms with Gasteiger partial charge >= 0.3 is 0 Å². The quantitative estimate of drug-likeness (QED) is 0.873. The third-order valence-electron chi connectivity index (χ3n) is 2.89. The van der Waals surface area contributed by atoms with Gasteiger partial charge in [-0.3, -0.25) is 0 Å². The van der Waals surface area contributed by atoms with Crippen molar-refractivity contribution in [2.75, 3.05) is 5.73 Å². The second kappa shape index (κ2) is 5.04. The van der Waals surface area contributed by atoms with Gasteiger partial charge < -0.3 is 10.3 Å². The Kier molecular flexibility index (Phi) is 3.47. The first-order valence-electron chi connectivity index (χ1n) is 6.03. The lowest BCUT2D eigenvalue weighted by molar-refractivity contribution is 0.383. The van der Waals surface area contributed by atoms with Crippen molar-refractivity contribution in [3.8, 4) is 11.1 Å². The predicted molar refractivity (Wildman–Crippen MR) is 69.7 cm³/mol. The average molecular weight is 230 g/mol. The zero-order valence-electron chi connectivity index (χ0n) is 10.4. The number of rotatable bonds is 4. The molecule has 3 heteroatoms. The summed E-state index contributed by atoms with van der Waals surface area (Å²) in [7, 11) is 0. The zero-order chi connectivity index (χ0) is 12.3. The Morgan fingerprint density at radius 2 is 1.94 bits per heavy atom. The molecule has 1 aromatic carbocycles.